The Morgan fingerprint density at radius 1 is 1.58 bits per heavy atom. The second kappa shape index (κ2) is 5.49. The molecule has 1 aromatic rings. The summed E-state index contributed by atoms with van der Waals surface area (Å²) in [6, 6.07) is 4.48. The van der Waals surface area contributed by atoms with E-state index in [9.17, 15) is 14.3 Å². The summed E-state index contributed by atoms with van der Waals surface area (Å²) >= 11 is 5.76. The lowest BCUT2D eigenvalue weighted by Crippen LogP contribution is -2.37. The van der Waals surface area contributed by atoms with Gasteiger partial charge in [-0.3, -0.25) is 4.79 Å². The van der Waals surface area contributed by atoms with Crippen molar-refractivity contribution < 1.29 is 14.3 Å². The molecular weight excluding hydrogens is 267 g/mol. The quantitative estimate of drug-likeness (QED) is 0.898. The second-order valence-corrected chi connectivity index (χ2v) is 6.12. The zero-order valence-corrected chi connectivity index (χ0v) is 11.7. The van der Waals surface area contributed by atoms with E-state index in [0.29, 0.717) is 25.2 Å². The van der Waals surface area contributed by atoms with Crippen molar-refractivity contribution in [1.29, 1.82) is 0 Å². The van der Waals surface area contributed by atoms with Gasteiger partial charge in [-0.25, -0.2) is 4.39 Å². The highest BCUT2D eigenvalue weighted by atomic mass is 35.5. The van der Waals surface area contributed by atoms with Gasteiger partial charge in [0.05, 0.1) is 10.4 Å². The number of carboxylic acid groups (broad SMARTS) is 1. The van der Waals surface area contributed by atoms with Crippen molar-refractivity contribution in [2.24, 2.45) is 11.3 Å². The average molecular weight is 285 g/mol. The third-order valence-electron chi connectivity index (χ3n) is 4.07. The van der Waals surface area contributed by atoms with E-state index in [1.807, 2.05) is 0 Å². The van der Waals surface area contributed by atoms with Crippen LogP contribution in [-0.4, -0.2) is 11.1 Å². The lowest BCUT2D eigenvalue weighted by atomic mass is 9.67. The number of rotatable bonds is 3. The number of carbonyl (C=O) groups is 1. The maximum Gasteiger partial charge on any atom is 0.309 e. The molecule has 2 rings (SSSR count). The minimum Gasteiger partial charge on any atom is -0.481 e. The van der Waals surface area contributed by atoms with Crippen molar-refractivity contribution in [3.8, 4) is 0 Å². The fourth-order valence-corrected chi connectivity index (χ4v) is 3.33. The van der Waals surface area contributed by atoms with Gasteiger partial charge in [-0.05, 0) is 42.9 Å². The Balaban J connectivity index is 2.25. The number of hydrogen-bond donors (Lipinski definition) is 1. The summed E-state index contributed by atoms with van der Waals surface area (Å²) in [5, 5.41) is 9.64. The molecule has 0 heterocycles. The molecule has 1 aliphatic carbocycles. The number of halogens is 2. The van der Waals surface area contributed by atoms with Gasteiger partial charge in [0.15, 0.2) is 0 Å². The summed E-state index contributed by atoms with van der Waals surface area (Å²) < 4.78 is 13.1. The minimum atomic E-state index is -0.750. The molecule has 0 aromatic heterocycles. The largest absolute Gasteiger partial charge is 0.481 e. The van der Waals surface area contributed by atoms with Crippen LogP contribution in [0.2, 0.25) is 5.02 Å². The molecule has 2 atom stereocenters. The predicted octanol–water partition coefficient (Wildman–Crippen LogP) is 4.30. The van der Waals surface area contributed by atoms with Crippen LogP contribution in [0, 0.1) is 17.2 Å². The fourth-order valence-electron chi connectivity index (χ4n) is 3.13. The molecule has 0 bridgehead atoms. The molecule has 2 nitrogen and oxygen atoms in total. The van der Waals surface area contributed by atoms with Crippen LogP contribution < -0.4 is 0 Å². The third kappa shape index (κ3) is 3.08. The summed E-state index contributed by atoms with van der Waals surface area (Å²) in [6.45, 7) is 2.09. The molecule has 0 aliphatic heterocycles. The molecule has 1 fully saturated rings. The zero-order valence-electron chi connectivity index (χ0n) is 11.0. The lowest BCUT2D eigenvalue weighted by molar-refractivity contribution is -0.152. The molecular formula is C15H18ClFO2. The smallest absolute Gasteiger partial charge is 0.309 e. The van der Waals surface area contributed by atoms with Crippen molar-refractivity contribution >= 4 is 17.6 Å². The Morgan fingerprint density at radius 2 is 2.32 bits per heavy atom. The summed E-state index contributed by atoms with van der Waals surface area (Å²) in [7, 11) is 0. The van der Waals surface area contributed by atoms with Crippen LogP contribution >= 0.6 is 11.6 Å². The van der Waals surface area contributed by atoms with Crippen molar-refractivity contribution in [3.63, 3.8) is 0 Å². The molecule has 1 saturated carbocycles. The molecule has 1 N–H and O–H groups in total. The van der Waals surface area contributed by atoms with E-state index in [1.54, 1.807) is 12.1 Å². The topological polar surface area (TPSA) is 37.3 Å². The lowest BCUT2D eigenvalue weighted by Gasteiger charge is -2.36. The molecule has 1 aromatic carbocycles. The number of benzene rings is 1. The van der Waals surface area contributed by atoms with Crippen molar-refractivity contribution in [2.75, 3.05) is 0 Å². The Labute approximate surface area is 117 Å². The molecule has 0 spiro atoms. The first-order valence-corrected chi connectivity index (χ1v) is 6.98. The normalized spacial score (nSPS) is 27.2. The highest BCUT2D eigenvalue weighted by Crippen LogP contribution is 2.42. The zero-order chi connectivity index (χ0) is 14.0. The molecule has 2 unspecified atom stereocenters. The summed E-state index contributed by atoms with van der Waals surface area (Å²) in [6.07, 6.45) is 3.80. The van der Waals surface area contributed by atoms with Gasteiger partial charge in [0.25, 0.3) is 0 Å². The van der Waals surface area contributed by atoms with Crippen LogP contribution in [0.15, 0.2) is 18.2 Å². The van der Waals surface area contributed by atoms with Crippen LogP contribution in [0.25, 0.3) is 0 Å². The molecule has 0 saturated heterocycles. The van der Waals surface area contributed by atoms with E-state index in [0.717, 1.165) is 18.4 Å². The van der Waals surface area contributed by atoms with Crippen LogP contribution in [0.5, 0.6) is 0 Å². The number of hydrogen-bond acceptors (Lipinski definition) is 1. The van der Waals surface area contributed by atoms with Gasteiger partial charge >= 0.3 is 5.97 Å². The Hall–Kier alpha value is -1.09. The maximum absolute atomic E-state index is 13.1. The SMILES string of the molecule is CC1CCCC(Cc2ccc(F)c(Cl)c2)(C(=O)O)C1. The Morgan fingerprint density at radius 3 is 2.89 bits per heavy atom. The maximum atomic E-state index is 13.1. The Kier molecular flexibility index (Phi) is 4.14. The second-order valence-electron chi connectivity index (χ2n) is 5.71. The average Bonchev–Trinajstić information content (AvgIpc) is 2.34. The summed E-state index contributed by atoms with van der Waals surface area (Å²) in [5.74, 6) is -0.799. The molecule has 0 radical (unpaired) electrons. The van der Waals surface area contributed by atoms with Gasteiger partial charge in [-0.1, -0.05) is 37.4 Å². The van der Waals surface area contributed by atoms with Crippen LogP contribution in [0.1, 0.15) is 38.2 Å². The molecule has 0 amide bonds. The first-order chi connectivity index (χ1) is 8.93. The third-order valence-corrected chi connectivity index (χ3v) is 4.36. The minimum absolute atomic E-state index is 0.0573. The standard InChI is InChI=1S/C15H18ClFO2/c1-10-3-2-6-15(8-10,14(18)19)9-11-4-5-13(17)12(16)7-11/h4-5,7,10H,2-3,6,8-9H2,1H3,(H,18,19). The van der Waals surface area contributed by atoms with E-state index in [1.165, 1.54) is 6.07 Å². The van der Waals surface area contributed by atoms with Crippen molar-refractivity contribution in [3.05, 3.63) is 34.6 Å². The van der Waals surface area contributed by atoms with Gasteiger partial charge in [-0.15, -0.1) is 0 Å². The van der Waals surface area contributed by atoms with Gasteiger partial charge in [-0.2, -0.15) is 0 Å². The van der Waals surface area contributed by atoms with Crippen molar-refractivity contribution in [2.45, 2.75) is 39.0 Å². The predicted molar refractivity (Wildman–Crippen MR) is 72.8 cm³/mol. The number of aliphatic carboxylic acids is 1. The van der Waals surface area contributed by atoms with Crippen LogP contribution in [0.3, 0.4) is 0 Å². The molecule has 4 heteroatoms. The van der Waals surface area contributed by atoms with Gasteiger partial charge < -0.3 is 5.11 Å². The van der Waals surface area contributed by atoms with Crippen molar-refractivity contribution in [1.82, 2.24) is 0 Å². The summed E-state index contributed by atoms with van der Waals surface area (Å²) in [5.41, 5.74) is 0.0710. The fraction of sp³-hybridized carbons (Fsp3) is 0.533. The van der Waals surface area contributed by atoms with E-state index in [2.05, 4.69) is 6.92 Å². The van der Waals surface area contributed by atoms with Gasteiger partial charge in [0.1, 0.15) is 5.82 Å². The number of carboxylic acids is 1. The van der Waals surface area contributed by atoms with E-state index in [4.69, 9.17) is 11.6 Å². The van der Waals surface area contributed by atoms with Gasteiger partial charge in [0, 0.05) is 0 Å². The molecule has 19 heavy (non-hydrogen) atoms. The molecule has 1 aliphatic rings. The highest BCUT2D eigenvalue weighted by molar-refractivity contribution is 6.30. The van der Waals surface area contributed by atoms with E-state index < -0.39 is 17.2 Å². The monoisotopic (exact) mass is 284 g/mol. The first kappa shape index (κ1) is 14.3. The Bertz CT molecular complexity index is 489. The molecule has 104 valence electrons. The van der Waals surface area contributed by atoms with Crippen LogP contribution in [-0.2, 0) is 11.2 Å². The van der Waals surface area contributed by atoms with E-state index >= 15 is 0 Å². The summed E-state index contributed by atoms with van der Waals surface area (Å²) in [4.78, 5) is 11.7. The highest BCUT2D eigenvalue weighted by Gasteiger charge is 2.41. The van der Waals surface area contributed by atoms with Gasteiger partial charge in [0.2, 0.25) is 0 Å². The van der Waals surface area contributed by atoms with Crippen LogP contribution in [0.4, 0.5) is 4.39 Å². The van der Waals surface area contributed by atoms with E-state index in [-0.39, 0.29) is 5.02 Å². The first-order valence-electron chi connectivity index (χ1n) is 6.60.